The average molecular weight is 516 g/mol. The lowest BCUT2D eigenvalue weighted by molar-refractivity contribution is -0.135. The minimum atomic E-state index is -1.37. The quantitative estimate of drug-likeness (QED) is 0.545. The molecule has 2 aliphatic heterocycles. The summed E-state index contributed by atoms with van der Waals surface area (Å²) >= 11 is 0. The maximum Gasteiger partial charge on any atom is 0.321 e. The Balaban J connectivity index is 1.51. The number of halogens is 1. The van der Waals surface area contributed by atoms with Crippen LogP contribution in [0.4, 0.5) is 20.6 Å². The molecule has 1 atom stereocenters. The van der Waals surface area contributed by atoms with Crippen LogP contribution in [-0.4, -0.2) is 67.5 Å². The van der Waals surface area contributed by atoms with E-state index in [1.54, 1.807) is 23.1 Å². The van der Waals surface area contributed by atoms with Gasteiger partial charge >= 0.3 is 6.03 Å². The van der Waals surface area contributed by atoms with Crippen molar-refractivity contribution in [2.45, 2.75) is 6.17 Å². The zero-order valence-electron chi connectivity index (χ0n) is 20.5. The summed E-state index contributed by atoms with van der Waals surface area (Å²) in [7, 11) is 0. The molecule has 3 aromatic carbocycles. The summed E-state index contributed by atoms with van der Waals surface area (Å²) in [4.78, 5) is 47.6. The number of urea groups is 1. The molecule has 0 aromatic heterocycles. The van der Waals surface area contributed by atoms with Gasteiger partial charge in [-0.2, -0.15) is 0 Å². The van der Waals surface area contributed by atoms with Gasteiger partial charge in [0.15, 0.2) is 0 Å². The fourth-order valence-corrected chi connectivity index (χ4v) is 4.41. The Hall–Kier alpha value is -4.57. The van der Waals surface area contributed by atoms with E-state index < -0.39 is 23.9 Å². The number of benzene rings is 3. The lowest BCUT2D eigenvalue weighted by Crippen LogP contribution is -2.52. The van der Waals surface area contributed by atoms with Crippen LogP contribution in [0.2, 0.25) is 0 Å². The van der Waals surface area contributed by atoms with Crippen LogP contribution >= 0.6 is 0 Å². The summed E-state index contributed by atoms with van der Waals surface area (Å²) in [6.45, 7) is 1.48. The average Bonchev–Trinajstić information content (AvgIpc) is 3.06. The molecule has 0 unspecified atom stereocenters. The van der Waals surface area contributed by atoms with Gasteiger partial charge in [-0.1, -0.05) is 60.7 Å². The van der Waals surface area contributed by atoms with Crippen LogP contribution in [0, 0.1) is 5.82 Å². The second-order valence-electron chi connectivity index (χ2n) is 8.76. The number of hydrogen-bond donors (Lipinski definition) is 2. The van der Waals surface area contributed by atoms with Crippen LogP contribution in [-0.2, 0) is 14.3 Å². The Morgan fingerprint density at radius 3 is 2.39 bits per heavy atom. The number of fused-ring (bicyclic) bond motifs is 1. The predicted octanol–water partition coefficient (Wildman–Crippen LogP) is 3.02. The summed E-state index contributed by atoms with van der Waals surface area (Å²) in [6.07, 6.45) is -1.37. The van der Waals surface area contributed by atoms with Crippen molar-refractivity contribution in [2.75, 3.05) is 43.1 Å². The van der Waals surface area contributed by atoms with Gasteiger partial charge in [0.2, 0.25) is 12.1 Å². The number of anilines is 2. The van der Waals surface area contributed by atoms with Crippen molar-refractivity contribution < 1.29 is 23.5 Å². The summed E-state index contributed by atoms with van der Waals surface area (Å²) in [5, 5.41) is 4.99. The maximum atomic E-state index is 14.1. The molecule has 0 saturated carbocycles. The van der Waals surface area contributed by atoms with Crippen molar-refractivity contribution in [1.82, 2.24) is 10.2 Å². The third-order valence-electron chi connectivity index (χ3n) is 6.30. The first-order chi connectivity index (χ1) is 18.5. The number of carbonyl (C=O) groups excluding carboxylic acids is 3. The largest absolute Gasteiger partial charge is 0.378 e. The highest BCUT2D eigenvalue weighted by molar-refractivity contribution is 6.21. The maximum absolute atomic E-state index is 14.1. The van der Waals surface area contributed by atoms with E-state index in [0.29, 0.717) is 43.3 Å². The van der Waals surface area contributed by atoms with Gasteiger partial charge in [-0.05, 0) is 18.2 Å². The molecule has 0 radical (unpaired) electrons. The van der Waals surface area contributed by atoms with E-state index in [2.05, 4.69) is 15.6 Å². The molecule has 4 amide bonds. The highest BCUT2D eigenvalue weighted by Gasteiger charge is 2.35. The van der Waals surface area contributed by atoms with Crippen LogP contribution in [0.5, 0.6) is 0 Å². The fourth-order valence-electron chi connectivity index (χ4n) is 4.41. The molecular formula is C28H26FN5O4. The SMILES string of the molecule is O=C(Nc1ccccc1F)N[C@H]1N=C(c2ccccc2)c2ccccc2N(CC(=O)N2CCOCC2)C1=O. The number of nitrogens with one attached hydrogen (secondary N) is 2. The van der Waals surface area contributed by atoms with Gasteiger partial charge in [0, 0.05) is 24.2 Å². The lowest BCUT2D eigenvalue weighted by atomic mass is 10.0. The highest BCUT2D eigenvalue weighted by Crippen LogP contribution is 2.28. The molecule has 3 aromatic rings. The third-order valence-corrected chi connectivity index (χ3v) is 6.30. The smallest absolute Gasteiger partial charge is 0.321 e. The molecular weight excluding hydrogens is 489 g/mol. The van der Waals surface area contributed by atoms with Crippen molar-refractivity contribution in [3.63, 3.8) is 0 Å². The summed E-state index contributed by atoms with van der Waals surface area (Å²) < 4.78 is 19.5. The van der Waals surface area contributed by atoms with Crippen LogP contribution in [0.15, 0.2) is 83.9 Å². The van der Waals surface area contributed by atoms with E-state index in [0.717, 1.165) is 5.56 Å². The molecule has 1 saturated heterocycles. The third kappa shape index (κ3) is 5.40. The minimum absolute atomic E-state index is 0.0408. The first-order valence-electron chi connectivity index (χ1n) is 12.2. The Morgan fingerprint density at radius 1 is 0.947 bits per heavy atom. The predicted molar refractivity (Wildman–Crippen MR) is 141 cm³/mol. The van der Waals surface area contributed by atoms with E-state index in [1.807, 2.05) is 42.5 Å². The first-order valence-corrected chi connectivity index (χ1v) is 12.2. The Morgan fingerprint density at radius 2 is 1.63 bits per heavy atom. The number of benzodiazepines with no additional fused rings is 1. The second-order valence-corrected chi connectivity index (χ2v) is 8.76. The van der Waals surface area contributed by atoms with Crippen molar-refractivity contribution in [1.29, 1.82) is 0 Å². The number of hydrogen-bond acceptors (Lipinski definition) is 5. The number of para-hydroxylation sites is 2. The standard InChI is InChI=1S/C28H26FN5O4/c29-21-11-5-6-12-22(21)30-28(37)32-26-27(36)34(18-24(35)33-14-16-38-17-15-33)23-13-7-4-10-20(23)25(31-26)19-8-2-1-3-9-19/h1-13,26H,14-18H2,(H2,30,32,37)/t26-/m1/s1. The van der Waals surface area contributed by atoms with Crippen molar-refractivity contribution in [3.8, 4) is 0 Å². The minimum Gasteiger partial charge on any atom is -0.378 e. The van der Waals surface area contributed by atoms with Crippen molar-refractivity contribution >= 4 is 34.9 Å². The van der Waals surface area contributed by atoms with E-state index in [9.17, 15) is 18.8 Å². The Kier molecular flexibility index (Phi) is 7.41. The monoisotopic (exact) mass is 515 g/mol. The molecule has 2 heterocycles. The molecule has 10 heteroatoms. The van der Waals surface area contributed by atoms with Crippen LogP contribution in [0.1, 0.15) is 11.1 Å². The van der Waals surface area contributed by atoms with Gasteiger partial charge < -0.3 is 20.3 Å². The zero-order valence-corrected chi connectivity index (χ0v) is 20.5. The number of carbonyl (C=O) groups is 3. The van der Waals surface area contributed by atoms with Crippen LogP contribution in [0.25, 0.3) is 0 Å². The number of nitrogens with zero attached hydrogens (tertiary/aromatic N) is 3. The topological polar surface area (TPSA) is 103 Å². The van der Waals surface area contributed by atoms with E-state index in [1.165, 1.54) is 23.1 Å². The van der Waals surface area contributed by atoms with Gasteiger partial charge in [0.25, 0.3) is 5.91 Å². The number of amides is 4. The summed E-state index contributed by atoms with van der Waals surface area (Å²) in [6, 6.07) is 21.3. The number of aliphatic imine (C=N–C) groups is 1. The summed E-state index contributed by atoms with van der Waals surface area (Å²) in [5.74, 6) is -1.45. The fraction of sp³-hybridized carbons (Fsp3) is 0.214. The molecule has 5 rings (SSSR count). The molecule has 0 spiro atoms. The van der Waals surface area contributed by atoms with Gasteiger partial charge in [0.05, 0.1) is 30.3 Å². The number of rotatable bonds is 5. The first kappa shape index (κ1) is 25.1. The normalized spacial score (nSPS) is 17.2. The molecule has 2 aliphatic rings. The van der Waals surface area contributed by atoms with Gasteiger partial charge in [-0.15, -0.1) is 0 Å². The Bertz CT molecular complexity index is 1370. The number of ether oxygens (including phenoxy) is 1. The van der Waals surface area contributed by atoms with E-state index in [-0.39, 0.29) is 18.1 Å². The summed E-state index contributed by atoms with van der Waals surface area (Å²) in [5.41, 5.74) is 2.31. The number of morpholine rings is 1. The van der Waals surface area contributed by atoms with Crippen LogP contribution in [0.3, 0.4) is 0 Å². The molecule has 0 aliphatic carbocycles. The molecule has 1 fully saturated rings. The van der Waals surface area contributed by atoms with Gasteiger partial charge in [-0.25, -0.2) is 14.2 Å². The van der Waals surface area contributed by atoms with Crippen molar-refractivity contribution in [2.24, 2.45) is 4.99 Å². The van der Waals surface area contributed by atoms with Crippen LogP contribution < -0.4 is 15.5 Å². The Labute approximate surface area is 218 Å². The van der Waals surface area contributed by atoms with Gasteiger partial charge in [-0.3, -0.25) is 14.5 Å². The van der Waals surface area contributed by atoms with Gasteiger partial charge in [0.1, 0.15) is 12.4 Å². The van der Waals surface area contributed by atoms with Crippen molar-refractivity contribution in [3.05, 3.63) is 95.8 Å². The van der Waals surface area contributed by atoms with E-state index >= 15 is 0 Å². The zero-order chi connectivity index (χ0) is 26.5. The molecule has 2 N–H and O–H groups in total. The molecule has 194 valence electrons. The molecule has 9 nitrogen and oxygen atoms in total. The highest BCUT2D eigenvalue weighted by atomic mass is 19.1. The lowest BCUT2D eigenvalue weighted by Gasteiger charge is -2.31. The molecule has 0 bridgehead atoms. The molecule has 38 heavy (non-hydrogen) atoms. The second kappa shape index (κ2) is 11.2. The van der Waals surface area contributed by atoms with E-state index in [4.69, 9.17) is 4.74 Å².